The van der Waals surface area contributed by atoms with Crippen molar-refractivity contribution in [1.82, 2.24) is 4.90 Å². The summed E-state index contributed by atoms with van der Waals surface area (Å²) in [5.74, 6) is -0.275. The molecule has 130 valence electrons. The van der Waals surface area contributed by atoms with E-state index in [4.69, 9.17) is 0 Å². The second kappa shape index (κ2) is 8.08. The average Bonchev–Trinajstić information content (AvgIpc) is 2.62. The summed E-state index contributed by atoms with van der Waals surface area (Å²) >= 11 is 0. The number of ketones is 1. The number of phenolic OH excluding ortho intramolecular Hbond substituents is 1. The highest BCUT2D eigenvalue weighted by molar-refractivity contribution is 6.07. The normalized spacial score (nSPS) is 15.6. The van der Waals surface area contributed by atoms with Crippen molar-refractivity contribution in [1.29, 1.82) is 0 Å². The van der Waals surface area contributed by atoms with Crippen molar-refractivity contribution in [2.24, 2.45) is 0 Å². The van der Waals surface area contributed by atoms with E-state index in [1.807, 2.05) is 0 Å². The quantitative estimate of drug-likeness (QED) is 0.648. The van der Waals surface area contributed by atoms with Crippen LogP contribution in [0.5, 0.6) is 5.75 Å². The Balaban J connectivity index is 1.73. The fourth-order valence-electron chi connectivity index (χ4n) is 3.10. The van der Waals surface area contributed by atoms with E-state index in [0.717, 1.165) is 18.7 Å². The number of carbonyl (C=O) groups excluding carboxylic acids is 1. The maximum atomic E-state index is 13.2. The van der Waals surface area contributed by atoms with Gasteiger partial charge in [-0.05, 0) is 67.9 Å². The SMILES string of the molecule is O=C(/C=C/c1cccc(F)c1)c1ccc(O)c(CN2CCCCC2)c1. The van der Waals surface area contributed by atoms with Crippen molar-refractivity contribution in [3.8, 4) is 5.75 Å². The van der Waals surface area contributed by atoms with Crippen LogP contribution in [0, 0.1) is 5.82 Å². The molecular formula is C21H22FNO2. The van der Waals surface area contributed by atoms with Gasteiger partial charge in [-0.25, -0.2) is 4.39 Å². The lowest BCUT2D eigenvalue weighted by atomic mass is 10.0. The molecule has 2 aromatic carbocycles. The zero-order valence-corrected chi connectivity index (χ0v) is 14.1. The number of nitrogens with zero attached hydrogens (tertiary/aromatic N) is 1. The summed E-state index contributed by atoms with van der Waals surface area (Å²) in [5, 5.41) is 10.1. The molecule has 0 bridgehead atoms. The topological polar surface area (TPSA) is 40.5 Å². The summed E-state index contributed by atoms with van der Waals surface area (Å²) in [5.41, 5.74) is 1.94. The highest BCUT2D eigenvalue weighted by Crippen LogP contribution is 2.23. The summed E-state index contributed by atoms with van der Waals surface area (Å²) in [4.78, 5) is 14.7. The second-order valence-electron chi connectivity index (χ2n) is 6.43. The molecule has 1 aliphatic rings. The molecule has 1 fully saturated rings. The van der Waals surface area contributed by atoms with Crippen LogP contribution in [-0.4, -0.2) is 28.9 Å². The predicted octanol–water partition coefficient (Wildman–Crippen LogP) is 4.41. The Morgan fingerprint density at radius 3 is 2.68 bits per heavy atom. The van der Waals surface area contributed by atoms with Crippen LogP contribution in [0.15, 0.2) is 48.5 Å². The standard InChI is InChI=1S/C21H22FNO2/c22-19-6-4-5-16(13-19)7-9-20(24)17-8-10-21(25)18(14-17)15-23-11-2-1-3-12-23/h4-10,13-14,25H,1-3,11-12,15H2/b9-7+. The van der Waals surface area contributed by atoms with E-state index in [1.54, 1.807) is 36.4 Å². The van der Waals surface area contributed by atoms with Crippen LogP contribution < -0.4 is 0 Å². The van der Waals surface area contributed by atoms with E-state index < -0.39 is 0 Å². The molecule has 0 aliphatic carbocycles. The molecule has 1 aliphatic heterocycles. The molecule has 25 heavy (non-hydrogen) atoms. The predicted molar refractivity (Wildman–Crippen MR) is 97.0 cm³/mol. The first-order valence-corrected chi connectivity index (χ1v) is 8.64. The molecule has 1 saturated heterocycles. The number of hydrogen-bond acceptors (Lipinski definition) is 3. The molecule has 4 heteroatoms. The van der Waals surface area contributed by atoms with Gasteiger partial charge >= 0.3 is 0 Å². The van der Waals surface area contributed by atoms with Gasteiger partial charge in [-0.2, -0.15) is 0 Å². The third-order valence-electron chi connectivity index (χ3n) is 4.48. The number of likely N-dealkylation sites (tertiary alicyclic amines) is 1. The molecule has 0 saturated carbocycles. The van der Waals surface area contributed by atoms with Crippen molar-refractivity contribution in [2.45, 2.75) is 25.8 Å². The van der Waals surface area contributed by atoms with E-state index >= 15 is 0 Å². The largest absolute Gasteiger partial charge is 0.508 e. The summed E-state index contributed by atoms with van der Waals surface area (Å²) in [6.45, 7) is 2.70. The van der Waals surface area contributed by atoms with E-state index in [2.05, 4.69) is 4.90 Å². The summed E-state index contributed by atoms with van der Waals surface area (Å²) in [6.07, 6.45) is 6.64. The van der Waals surface area contributed by atoms with Gasteiger partial charge in [0.15, 0.2) is 5.78 Å². The Morgan fingerprint density at radius 1 is 1.12 bits per heavy atom. The molecule has 1 N–H and O–H groups in total. The molecule has 3 rings (SSSR count). The number of aromatic hydroxyl groups is 1. The van der Waals surface area contributed by atoms with Gasteiger partial charge in [-0.3, -0.25) is 9.69 Å². The average molecular weight is 339 g/mol. The number of piperidine rings is 1. The van der Waals surface area contributed by atoms with Crippen molar-refractivity contribution in [3.05, 3.63) is 71.0 Å². The first kappa shape index (κ1) is 17.4. The molecule has 0 radical (unpaired) electrons. The van der Waals surface area contributed by atoms with Crippen LogP contribution in [0.25, 0.3) is 6.08 Å². The van der Waals surface area contributed by atoms with Gasteiger partial charge in [-0.1, -0.05) is 24.6 Å². The van der Waals surface area contributed by atoms with Gasteiger partial charge in [0.05, 0.1) is 0 Å². The van der Waals surface area contributed by atoms with Gasteiger partial charge in [0.2, 0.25) is 0 Å². The van der Waals surface area contributed by atoms with Gasteiger partial charge in [-0.15, -0.1) is 0 Å². The fourth-order valence-corrected chi connectivity index (χ4v) is 3.10. The summed E-state index contributed by atoms with van der Waals surface area (Å²) in [6, 6.07) is 11.0. The molecule has 0 unspecified atom stereocenters. The lowest BCUT2D eigenvalue weighted by Crippen LogP contribution is -2.29. The first-order valence-electron chi connectivity index (χ1n) is 8.64. The van der Waals surface area contributed by atoms with Crippen LogP contribution in [0.2, 0.25) is 0 Å². The molecule has 2 aromatic rings. The number of halogens is 1. The maximum Gasteiger partial charge on any atom is 0.185 e. The van der Waals surface area contributed by atoms with Crippen LogP contribution in [-0.2, 0) is 6.54 Å². The third kappa shape index (κ3) is 4.77. The highest BCUT2D eigenvalue weighted by atomic mass is 19.1. The number of carbonyl (C=O) groups is 1. The number of hydrogen-bond donors (Lipinski definition) is 1. The Hall–Kier alpha value is -2.46. The van der Waals surface area contributed by atoms with Gasteiger partial charge in [0, 0.05) is 17.7 Å². The van der Waals surface area contributed by atoms with E-state index in [0.29, 0.717) is 17.7 Å². The lowest BCUT2D eigenvalue weighted by Gasteiger charge is -2.26. The monoisotopic (exact) mass is 339 g/mol. The Morgan fingerprint density at radius 2 is 1.92 bits per heavy atom. The van der Waals surface area contributed by atoms with Crippen molar-refractivity contribution in [2.75, 3.05) is 13.1 Å². The van der Waals surface area contributed by atoms with Crippen molar-refractivity contribution in [3.63, 3.8) is 0 Å². The molecule has 3 nitrogen and oxygen atoms in total. The molecule has 0 atom stereocenters. The molecule has 0 aromatic heterocycles. The molecule has 0 amide bonds. The van der Waals surface area contributed by atoms with E-state index in [-0.39, 0.29) is 17.3 Å². The van der Waals surface area contributed by atoms with Crippen molar-refractivity contribution < 1.29 is 14.3 Å². The minimum absolute atomic E-state index is 0.163. The number of rotatable bonds is 5. The Kier molecular flexibility index (Phi) is 5.61. The van der Waals surface area contributed by atoms with Crippen LogP contribution in [0.4, 0.5) is 4.39 Å². The second-order valence-corrected chi connectivity index (χ2v) is 6.43. The number of phenols is 1. The zero-order chi connectivity index (χ0) is 17.6. The lowest BCUT2D eigenvalue weighted by molar-refractivity contribution is 0.104. The zero-order valence-electron chi connectivity index (χ0n) is 14.1. The number of benzene rings is 2. The minimum atomic E-state index is -0.331. The first-order chi connectivity index (χ1) is 12.1. The van der Waals surface area contributed by atoms with Gasteiger partial charge in [0.25, 0.3) is 0 Å². The molecule has 0 spiro atoms. The van der Waals surface area contributed by atoms with Gasteiger partial charge < -0.3 is 5.11 Å². The fraction of sp³-hybridized carbons (Fsp3) is 0.286. The van der Waals surface area contributed by atoms with Crippen LogP contribution in [0.3, 0.4) is 0 Å². The van der Waals surface area contributed by atoms with E-state index in [1.165, 1.54) is 37.5 Å². The van der Waals surface area contributed by atoms with Crippen LogP contribution >= 0.6 is 0 Å². The number of allylic oxidation sites excluding steroid dienone is 1. The molecular weight excluding hydrogens is 317 g/mol. The van der Waals surface area contributed by atoms with Crippen LogP contribution in [0.1, 0.15) is 40.7 Å². The maximum absolute atomic E-state index is 13.2. The molecule has 1 heterocycles. The minimum Gasteiger partial charge on any atom is -0.508 e. The summed E-state index contributed by atoms with van der Waals surface area (Å²) < 4.78 is 13.2. The highest BCUT2D eigenvalue weighted by Gasteiger charge is 2.14. The smallest absolute Gasteiger partial charge is 0.185 e. The Labute approximate surface area is 147 Å². The summed E-state index contributed by atoms with van der Waals surface area (Å²) in [7, 11) is 0. The third-order valence-corrected chi connectivity index (χ3v) is 4.48. The Bertz CT molecular complexity index is 779. The van der Waals surface area contributed by atoms with Gasteiger partial charge in [0.1, 0.15) is 11.6 Å². The van der Waals surface area contributed by atoms with Crippen molar-refractivity contribution >= 4 is 11.9 Å². The van der Waals surface area contributed by atoms with E-state index in [9.17, 15) is 14.3 Å².